The maximum Gasteiger partial charge on any atom is 0.254 e. The van der Waals surface area contributed by atoms with Crippen LogP contribution in [0.1, 0.15) is 47.6 Å². The highest BCUT2D eigenvalue weighted by atomic mass is 35.5. The van der Waals surface area contributed by atoms with E-state index in [4.69, 9.17) is 23.2 Å². The lowest BCUT2D eigenvalue weighted by Crippen LogP contribution is -2.30. The van der Waals surface area contributed by atoms with E-state index in [9.17, 15) is 13.2 Å². The van der Waals surface area contributed by atoms with Gasteiger partial charge in [-0.05, 0) is 67.6 Å². The van der Waals surface area contributed by atoms with Crippen molar-refractivity contribution in [3.63, 3.8) is 0 Å². The molecule has 2 aliphatic rings. The standard InChI is InChI=1S/C20H20Cl2N2O3S/c21-17-10-5-14(12-18(17)22)19-2-1-11-24(19)20(25)13-3-8-16(9-4-13)28(26,27)23-15-6-7-15/h3-5,8-10,12,15,19,23H,1-2,6-7,11H2. The molecule has 5 nitrogen and oxygen atoms in total. The second-order valence-electron chi connectivity index (χ2n) is 7.25. The van der Waals surface area contributed by atoms with Crippen molar-refractivity contribution in [2.24, 2.45) is 0 Å². The van der Waals surface area contributed by atoms with Crippen LogP contribution in [0.4, 0.5) is 0 Å². The average molecular weight is 439 g/mol. The lowest BCUT2D eigenvalue weighted by molar-refractivity contribution is 0.0735. The summed E-state index contributed by atoms with van der Waals surface area (Å²) >= 11 is 12.1. The summed E-state index contributed by atoms with van der Waals surface area (Å²) in [5.41, 5.74) is 1.42. The molecule has 1 N–H and O–H groups in total. The molecule has 0 bridgehead atoms. The van der Waals surface area contributed by atoms with E-state index < -0.39 is 10.0 Å². The number of carbonyl (C=O) groups is 1. The fourth-order valence-corrected chi connectivity index (χ4v) is 5.12. The van der Waals surface area contributed by atoms with Crippen molar-refractivity contribution in [2.45, 2.75) is 42.7 Å². The van der Waals surface area contributed by atoms with Gasteiger partial charge in [0.15, 0.2) is 0 Å². The fourth-order valence-electron chi connectivity index (χ4n) is 3.51. The van der Waals surface area contributed by atoms with Crippen LogP contribution >= 0.6 is 23.2 Å². The molecule has 1 saturated heterocycles. The zero-order chi connectivity index (χ0) is 19.9. The van der Waals surface area contributed by atoms with Gasteiger partial charge in [-0.15, -0.1) is 0 Å². The Hall–Kier alpha value is -1.60. The van der Waals surface area contributed by atoms with Crippen LogP contribution in [-0.2, 0) is 10.0 Å². The SMILES string of the molecule is O=C(c1ccc(S(=O)(=O)NC2CC2)cc1)N1CCCC1c1ccc(Cl)c(Cl)c1. The van der Waals surface area contributed by atoms with Crippen LogP contribution in [-0.4, -0.2) is 31.8 Å². The van der Waals surface area contributed by atoms with Gasteiger partial charge in [0.1, 0.15) is 0 Å². The number of carbonyl (C=O) groups excluding carboxylic acids is 1. The predicted octanol–water partition coefficient (Wildman–Crippen LogP) is 4.41. The van der Waals surface area contributed by atoms with Gasteiger partial charge in [-0.2, -0.15) is 0 Å². The van der Waals surface area contributed by atoms with Crippen LogP contribution in [0.2, 0.25) is 10.0 Å². The third kappa shape index (κ3) is 4.06. The molecule has 1 saturated carbocycles. The zero-order valence-corrected chi connectivity index (χ0v) is 17.4. The zero-order valence-electron chi connectivity index (χ0n) is 15.1. The van der Waals surface area contributed by atoms with Crippen molar-refractivity contribution in [1.82, 2.24) is 9.62 Å². The van der Waals surface area contributed by atoms with Crippen LogP contribution in [0, 0.1) is 0 Å². The third-order valence-corrected chi connectivity index (χ3v) is 7.43. The Kier molecular flexibility index (Phi) is 5.40. The lowest BCUT2D eigenvalue weighted by atomic mass is 10.0. The van der Waals surface area contributed by atoms with E-state index in [2.05, 4.69) is 4.72 Å². The number of hydrogen-bond acceptors (Lipinski definition) is 3. The molecule has 28 heavy (non-hydrogen) atoms. The first-order valence-corrected chi connectivity index (χ1v) is 11.5. The molecular weight excluding hydrogens is 419 g/mol. The number of hydrogen-bond donors (Lipinski definition) is 1. The normalized spacial score (nSPS) is 19.8. The number of nitrogens with one attached hydrogen (secondary N) is 1. The van der Waals surface area contributed by atoms with E-state index in [0.29, 0.717) is 22.2 Å². The number of amides is 1. The molecule has 1 atom stereocenters. The van der Waals surface area contributed by atoms with Crippen LogP contribution in [0.5, 0.6) is 0 Å². The number of sulfonamides is 1. The van der Waals surface area contributed by atoms with E-state index in [1.54, 1.807) is 24.3 Å². The molecule has 1 amide bonds. The van der Waals surface area contributed by atoms with Gasteiger partial charge in [0.05, 0.1) is 21.0 Å². The molecule has 148 valence electrons. The first-order valence-electron chi connectivity index (χ1n) is 9.23. The minimum Gasteiger partial charge on any atom is -0.332 e. The third-order valence-electron chi connectivity index (χ3n) is 5.15. The quantitative estimate of drug-likeness (QED) is 0.751. The van der Waals surface area contributed by atoms with Gasteiger partial charge in [0, 0.05) is 18.2 Å². The van der Waals surface area contributed by atoms with Crippen LogP contribution in [0.3, 0.4) is 0 Å². The summed E-state index contributed by atoms with van der Waals surface area (Å²) in [6.07, 6.45) is 3.50. The van der Waals surface area contributed by atoms with E-state index in [1.807, 2.05) is 11.0 Å². The summed E-state index contributed by atoms with van der Waals surface area (Å²) in [4.78, 5) is 15.0. The van der Waals surface area contributed by atoms with Gasteiger partial charge >= 0.3 is 0 Å². The summed E-state index contributed by atoms with van der Waals surface area (Å²) < 4.78 is 27.2. The van der Waals surface area contributed by atoms with Crippen LogP contribution in [0.25, 0.3) is 0 Å². The smallest absolute Gasteiger partial charge is 0.254 e. The van der Waals surface area contributed by atoms with Crippen LogP contribution < -0.4 is 4.72 Å². The van der Waals surface area contributed by atoms with Crippen molar-refractivity contribution in [1.29, 1.82) is 0 Å². The van der Waals surface area contributed by atoms with Gasteiger partial charge in [0.2, 0.25) is 10.0 Å². The highest BCUT2D eigenvalue weighted by Gasteiger charge is 2.31. The first-order chi connectivity index (χ1) is 13.3. The first kappa shape index (κ1) is 19.7. The molecule has 0 radical (unpaired) electrons. The second-order valence-corrected chi connectivity index (χ2v) is 9.78. The summed E-state index contributed by atoms with van der Waals surface area (Å²) in [6.45, 7) is 0.646. The lowest BCUT2D eigenvalue weighted by Gasteiger charge is -2.25. The highest BCUT2D eigenvalue weighted by Crippen LogP contribution is 2.36. The fraction of sp³-hybridized carbons (Fsp3) is 0.350. The van der Waals surface area contributed by atoms with Crippen molar-refractivity contribution in [3.8, 4) is 0 Å². The van der Waals surface area contributed by atoms with Gasteiger partial charge in [-0.25, -0.2) is 13.1 Å². The van der Waals surface area contributed by atoms with Gasteiger partial charge < -0.3 is 4.90 Å². The van der Waals surface area contributed by atoms with Gasteiger partial charge in [-0.3, -0.25) is 4.79 Å². The molecule has 4 rings (SSSR count). The van der Waals surface area contributed by atoms with Crippen molar-refractivity contribution in [2.75, 3.05) is 6.54 Å². The summed E-state index contributed by atoms with van der Waals surface area (Å²) in [7, 11) is -3.52. The number of halogens is 2. The Morgan fingerprint density at radius 3 is 2.36 bits per heavy atom. The van der Waals surface area contributed by atoms with Crippen molar-refractivity contribution in [3.05, 3.63) is 63.6 Å². The highest BCUT2D eigenvalue weighted by molar-refractivity contribution is 7.89. The van der Waals surface area contributed by atoms with Crippen molar-refractivity contribution < 1.29 is 13.2 Å². The molecular formula is C20H20Cl2N2O3S. The maximum atomic E-state index is 13.0. The van der Waals surface area contributed by atoms with E-state index in [1.165, 1.54) is 12.1 Å². The Morgan fingerprint density at radius 2 is 1.71 bits per heavy atom. The van der Waals surface area contributed by atoms with E-state index in [0.717, 1.165) is 31.2 Å². The molecule has 1 heterocycles. The number of benzene rings is 2. The topological polar surface area (TPSA) is 66.5 Å². The maximum absolute atomic E-state index is 13.0. The summed E-state index contributed by atoms with van der Waals surface area (Å²) in [6, 6.07) is 11.5. The van der Waals surface area contributed by atoms with E-state index >= 15 is 0 Å². The van der Waals surface area contributed by atoms with Crippen LogP contribution in [0.15, 0.2) is 47.4 Å². The molecule has 0 aromatic heterocycles. The molecule has 1 aliphatic heterocycles. The number of likely N-dealkylation sites (tertiary alicyclic amines) is 1. The molecule has 2 fully saturated rings. The van der Waals surface area contributed by atoms with Gasteiger partial charge in [0.25, 0.3) is 5.91 Å². The minimum atomic E-state index is -3.52. The Bertz CT molecular complexity index is 1000. The molecule has 8 heteroatoms. The van der Waals surface area contributed by atoms with Crippen molar-refractivity contribution >= 4 is 39.1 Å². The monoisotopic (exact) mass is 438 g/mol. The Labute approximate surface area is 174 Å². The predicted molar refractivity (Wildman–Crippen MR) is 109 cm³/mol. The number of rotatable bonds is 5. The average Bonchev–Trinajstić information content (AvgIpc) is 3.34. The van der Waals surface area contributed by atoms with E-state index in [-0.39, 0.29) is 22.9 Å². The molecule has 2 aromatic rings. The molecule has 1 aliphatic carbocycles. The second kappa shape index (κ2) is 7.67. The van der Waals surface area contributed by atoms with Gasteiger partial charge in [-0.1, -0.05) is 29.3 Å². The molecule has 1 unspecified atom stereocenters. The molecule has 2 aromatic carbocycles. The summed E-state index contributed by atoms with van der Waals surface area (Å²) in [5, 5.41) is 0.953. The summed E-state index contributed by atoms with van der Waals surface area (Å²) in [5.74, 6) is -0.118. The minimum absolute atomic E-state index is 0.0443. The largest absolute Gasteiger partial charge is 0.332 e. The number of nitrogens with zero attached hydrogens (tertiary/aromatic N) is 1. The Morgan fingerprint density at radius 1 is 1.00 bits per heavy atom. The molecule has 0 spiro atoms. The Balaban J connectivity index is 1.53.